The van der Waals surface area contributed by atoms with Gasteiger partial charge < -0.3 is 19.2 Å². The van der Waals surface area contributed by atoms with Crippen molar-refractivity contribution in [1.82, 2.24) is 20.4 Å². The van der Waals surface area contributed by atoms with Crippen molar-refractivity contribution in [2.75, 3.05) is 34.4 Å². The Morgan fingerprint density at radius 2 is 2.22 bits per heavy atom. The molecular formula is C18H20N4O5. The first kappa shape index (κ1) is 18.6. The van der Waals surface area contributed by atoms with E-state index in [2.05, 4.69) is 15.4 Å². The van der Waals surface area contributed by atoms with Crippen LogP contribution in [0.2, 0.25) is 0 Å². The number of hydrazine groups is 1. The van der Waals surface area contributed by atoms with Gasteiger partial charge in [-0.1, -0.05) is 0 Å². The molecule has 0 saturated heterocycles. The Bertz CT molecular complexity index is 929. The minimum absolute atomic E-state index is 0.0165. The number of esters is 1. The van der Waals surface area contributed by atoms with E-state index in [0.717, 1.165) is 10.9 Å². The Kier molecular flexibility index (Phi) is 5.53. The van der Waals surface area contributed by atoms with E-state index < -0.39 is 11.8 Å². The first-order valence-corrected chi connectivity index (χ1v) is 8.22. The number of allylic oxidation sites excluding steroid dienone is 1. The average Bonchev–Trinajstić information content (AvgIpc) is 3.17. The third-order valence-electron chi connectivity index (χ3n) is 3.71. The zero-order chi connectivity index (χ0) is 19.4. The van der Waals surface area contributed by atoms with Crippen LogP contribution in [0.25, 0.3) is 17.1 Å². The van der Waals surface area contributed by atoms with Crippen LogP contribution < -0.4 is 5.43 Å². The number of methoxy groups -OCH3 is 1. The summed E-state index contributed by atoms with van der Waals surface area (Å²) >= 11 is 0. The summed E-state index contributed by atoms with van der Waals surface area (Å²) in [5.41, 5.74) is 4.04. The highest BCUT2D eigenvalue weighted by Crippen LogP contribution is 2.28. The summed E-state index contributed by atoms with van der Waals surface area (Å²) in [4.78, 5) is 32.3. The first-order chi connectivity index (χ1) is 13.0. The van der Waals surface area contributed by atoms with Crippen molar-refractivity contribution in [2.45, 2.75) is 0 Å². The van der Waals surface area contributed by atoms with Crippen molar-refractivity contribution >= 4 is 28.9 Å². The number of ether oxygens (including phenoxy) is 3. The van der Waals surface area contributed by atoms with Crippen LogP contribution in [0.5, 0.6) is 0 Å². The van der Waals surface area contributed by atoms with Gasteiger partial charge >= 0.3 is 5.97 Å². The summed E-state index contributed by atoms with van der Waals surface area (Å²) in [6.45, 7) is 0.268. The molecule has 9 heteroatoms. The summed E-state index contributed by atoms with van der Waals surface area (Å²) in [5.74, 6) is -1.29. The Morgan fingerprint density at radius 1 is 1.41 bits per heavy atom. The molecule has 9 nitrogen and oxygen atoms in total. The molecule has 1 aliphatic heterocycles. The number of hydrogen-bond acceptors (Lipinski definition) is 8. The molecule has 1 aliphatic rings. The maximum Gasteiger partial charge on any atom is 0.347 e. The van der Waals surface area contributed by atoms with Crippen molar-refractivity contribution in [3.63, 3.8) is 0 Å². The summed E-state index contributed by atoms with van der Waals surface area (Å²) in [5, 5.41) is 2.39. The largest absolute Gasteiger partial charge is 0.459 e. The molecule has 0 amide bonds. The molecule has 0 bridgehead atoms. The second-order valence-corrected chi connectivity index (χ2v) is 5.92. The fraction of sp³-hybridized carbons (Fsp3) is 0.278. The minimum Gasteiger partial charge on any atom is -0.459 e. The summed E-state index contributed by atoms with van der Waals surface area (Å²) in [6.07, 6.45) is 4.95. The number of nitrogens with zero attached hydrogens (tertiary/aromatic N) is 2. The number of H-pyrrole nitrogens is 1. The van der Waals surface area contributed by atoms with Crippen LogP contribution >= 0.6 is 0 Å². The Labute approximate surface area is 155 Å². The van der Waals surface area contributed by atoms with Gasteiger partial charge in [0.05, 0.1) is 6.61 Å². The zero-order valence-electron chi connectivity index (χ0n) is 15.2. The number of rotatable bonds is 7. The van der Waals surface area contributed by atoms with Gasteiger partial charge in [-0.15, -0.1) is 0 Å². The van der Waals surface area contributed by atoms with Gasteiger partial charge in [0.25, 0.3) is 0 Å². The van der Waals surface area contributed by atoms with E-state index in [1.54, 1.807) is 43.6 Å². The second kappa shape index (κ2) is 8.02. The van der Waals surface area contributed by atoms with Crippen molar-refractivity contribution in [2.24, 2.45) is 0 Å². The standard InChI is InChI=1S/C18H20N4O5/c1-22(2)21-17-14(18(24)26-8-7-25-3)15(23)13(27-17)9-11-10-20-16-12(11)5-4-6-19-16/h4-6,9-10,21H,7-8H2,1-3H3,(H,19,20). The Hall–Kier alpha value is -3.17. The average molecular weight is 372 g/mol. The molecule has 0 radical (unpaired) electrons. The zero-order valence-corrected chi connectivity index (χ0v) is 15.2. The molecular weight excluding hydrogens is 352 g/mol. The summed E-state index contributed by atoms with van der Waals surface area (Å²) in [6, 6.07) is 3.67. The molecule has 0 fully saturated rings. The second-order valence-electron chi connectivity index (χ2n) is 5.92. The number of hydrogen-bond donors (Lipinski definition) is 2. The maximum atomic E-state index is 12.8. The normalized spacial score (nSPS) is 15.7. The molecule has 0 aliphatic carbocycles. The third-order valence-corrected chi connectivity index (χ3v) is 3.71. The quantitative estimate of drug-likeness (QED) is 0.244. The van der Waals surface area contributed by atoms with Crippen molar-refractivity contribution in [3.8, 4) is 0 Å². The molecule has 2 N–H and O–H groups in total. The van der Waals surface area contributed by atoms with Crippen LogP contribution in [-0.2, 0) is 23.8 Å². The highest BCUT2D eigenvalue weighted by atomic mass is 16.6. The van der Waals surface area contributed by atoms with Gasteiger partial charge in [-0.2, -0.15) is 0 Å². The number of carbonyl (C=O) groups is 2. The number of fused-ring (bicyclic) bond motifs is 1. The molecule has 0 atom stereocenters. The van der Waals surface area contributed by atoms with E-state index in [1.807, 2.05) is 6.07 Å². The number of carbonyl (C=O) groups excluding carboxylic acids is 2. The highest BCUT2D eigenvalue weighted by molar-refractivity contribution is 6.26. The molecule has 0 spiro atoms. The number of aromatic amines is 1. The van der Waals surface area contributed by atoms with Crippen LogP contribution in [0, 0.1) is 0 Å². The minimum atomic E-state index is -0.773. The monoisotopic (exact) mass is 372 g/mol. The van der Waals surface area contributed by atoms with Crippen LogP contribution in [0.4, 0.5) is 0 Å². The number of ketones is 1. The third kappa shape index (κ3) is 3.99. The predicted molar refractivity (Wildman–Crippen MR) is 96.8 cm³/mol. The van der Waals surface area contributed by atoms with Crippen LogP contribution in [0.1, 0.15) is 5.56 Å². The van der Waals surface area contributed by atoms with E-state index in [1.165, 1.54) is 7.11 Å². The molecule has 3 heterocycles. The number of Topliss-reactive ketones (excluding diaryl/α,β-unsaturated/α-hetero) is 1. The molecule has 2 aromatic heterocycles. The fourth-order valence-corrected chi connectivity index (χ4v) is 2.52. The first-order valence-electron chi connectivity index (χ1n) is 8.22. The Balaban J connectivity index is 1.90. The van der Waals surface area contributed by atoms with Gasteiger partial charge in [-0.05, 0) is 18.2 Å². The van der Waals surface area contributed by atoms with E-state index in [0.29, 0.717) is 5.65 Å². The van der Waals surface area contributed by atoms with Gasteiger partial charge in [0.2, 0.25) is 11.7 Å². The molecule has 27 heavy (non-hydrogen) atoms. The molecule has 2 aromatic rings. The molecule has 0 unspecified atom stereocenters. The smallest absolute Gasteiger partial charge is 0.347 e. The number of pyridine rings is 1. The lowest BCUT2D eigenvalue weighted by atomic mass is 10.1. The SMILES string of the molecule is COCCOC(=O)C1=C(NN(C)C)OC(=Cc2c[nH]c3ncccc23)C1=O. The summed E-state index contributed by atoms with van der Waals surface area (Å²) < 4.78 is 15.5. The lowest BCUT2D eigenvalue weighted by Crippen LogP contribution is -2.31. The predicted octanol–water partition coefficient (Wildman–Crippen LogP) is 0.970. The maximum absolute atomic E-state index is 12.8. The van der Waals surface area contributed by atoms with Gasteiger partial charge in [0, 0.05) is 44.5 Å². The van der Waals surface area contributed by atoms with Crippen molar-refractivity contribution in [3.05, 3.63) is 47.3 Å². The molecule has 142 valence electrons. The van der Waals surface area contributed by atoms with Gasteiger partial charge in [0.15, 0.2) is 11.3 Å². The number of nitrogens with one attached hydrogen (secondary N) is 2. The van der Waals surface area contributed by atoms with E-state index in [9.17, 15) is 9.59 Å². The molecule has 0 aromatic carbocycles. The van der Waals surface area contributed by atoms with E-state index in [-0.39, 0.29) is 30.4 Å². The van der Waals surface area contributed by atoms with Crippen molar-refractivity contribution < 1.29 is 23.8 Å². The van der Waals surface area contributed by atoms with Crippen LogP contribution in [-0.4, -0.2) is 61.1 Å². The topological polar surface area (TPSA) is 106 Å². The highest BCUT2D eigenvalue weighted by Gasteiger charge is 2.37. The Morgan fingerprint density at radius 3 is 2.96 bits per heavy atom. The van der Waals surface area contributed by atoms with Gasteiger partial charge in [-0.25, -0.2) is 14.8 Å². The van der Waals surface area contributed by atoms with E-state index in [4.69, 9.17) is 14.2 Å². The fourth-order valence-electron chi connectivity index (χ4n) is 2.52. The van der Waals surface area contributed by atoms with Crippen LogP contribution in [0.3, 0.4) is 0 Å². The van der Waals surface area contributed by atoms with Crippen molar-refractivity contribution in [1.29, 1.82) is 0 Å². The van der Waals surface area contributed by atoms with Gasteiger partial charge in [0.1, 0.15) is 12.3 Å². The lowest BCUT2D eigenvalue weighted by molar-refractivity contribution is -0.141. The lowest BCUT2D eigenvalue weighted by Gasteiger charge is -2.14. The van der Waals surface area contributed by atoms with Gasteiger partial charge in [-0.3, -0.25) is 10.2 Å². The van der Waals surface area contributed by atoms with E-state index >= 15 is 0 Å². The molecule has 3 rings (SSSR count). The number of aromatic nitrogens is 2. The van der Waals surface area contributed by atoms with Crippen LogP contribution in [0.15, 0.2) is 41.7 Å². The molecule has 0 saturated carbocycles. The summed E-state index contributed by atoms with van der Waals surface area (Å²) in [7, 11) is 4.91.